The highest BCUT2D eigenvalue weighted by atomic mass is 35.5. The number of hydrogen-bond acceptors (Lipinski definition) is 3. The van der Waals surface area contributed by atoms with Gasteiger partial charge in [0.05, 0.1) is 16.8 Å². The van der Waals surface area contributed by atoms with Crippen LogP contribution < -0.4 is 10.2 Å². The van der Waals surface area contributed by atoms with E-state index >= 15 is 0 Å². The topological polar surface area (TPSA) is 35.6 Å². The predicted molar refractivity (Wildman–Crippen MR) is 114 cm³/mol. The van der Waals surface area contributed by atoms with Crippen molar-refractivity contribution in [2.75, 3.05) is 30.4 Å². The molecular formula is C22H28ClN3O. The van der Waals surface area contributed by atoms with E-state index in [4.69, 9.17) is 11.6 Å². The van der Waals surface area contributed by atoms with E-state index in [2.05, 4.69) is 39.4 Å². The van der Waals surface area contributed by atoms with Crippen LogP contribution in [0.5, 0.6) is 0 Å². The lowest BCUT2D eigenvalue weighted by atomic mass is 10.1. The fourth-order valence-electron chi connectivity index (χ4n) is 3.49. The maximum atomic E-state index is 12.7. The van der Waals surface area contributed by atoms with Crippen molar-refractivity contribution >= 4 is 28.9 Å². The second-order valence-electron chi connectivity index (χ2n) is 7.24. The number of halogens is 1. The Kier molecular flexibility index (Phi) is 6.75. The minimum Gasteiger partial charge on any atom is -0.371 e. The van der Waals surface area contributed by atoms with Crippen LogP contribution >= 0.6 is 11.6 Å². The Balaban J connectivity index is 1.67. The number of likely N-dealkylation sites (N-methyl/N-ethyl adjacent to an activating group) is 1. The zero-order valence-corrected chi connectivity index (χ0v) is 16.9. The number of carbonyl (C=O) groups is 1. The molecule has 5 heteroatoms. The summed E-state index contributed by atoms with van der Waals surface area (Å²) in [6.07, 6.45) is 3.82. The van der Waals surface area contributed by atoms with Gasteiger partial charge in [0.15, 0.2) is 0 Å². The largest absolute Gasteiger partial charge is 0.371 e. The first-order chi connectivity index (χ1) is 13.1. The summed E-state index contributed by atoms with van der Waals surface area (Å²) in [6.45, 7) is 4.88. The average Bonchev–Trinajstić information content (AvgIpc) is 2.70. The summed E-state index contributed by atoms with van der Waals surface area (Å²) in [6, 6.07) is 15.6. The number of rotatable bonds is 6. The fraction of sp³-hybridized carbons (Fsp3) is 0.409. The molecule has 2 aromatic carbocycles. The van der Waals surface area contributed by atoms with Crippen molar-refractivity contribution in [2.24, 2.45) is 0 Å². The van der Waals surface area contributed by atoms with E-state index in [1.807, 2.05) is 32.2 Å². The number of benzene rings is 2. The molecule has 0 aromatic heterocycles. The van der Waals surface area contributed by atoms with E-state index in [-0.39, 0.29) is 11.9 Å². The Hall–Kier alpha value is -2.04. The number of amides is 1. The molecule has 1 amide bonds. The Labute approximate surface area is 167 Å². The molecule has 2 aromatic rings. The second kappa shape index (κ2) is 9.25. The van der Waals surface area contributed by atoms with E-state index in [1.54, 1.807) is 6.07 Å². The normalized spacial score (nSPS) is 15.6. The van der Waals surface area contributed by atoms with Crippen molar-refractivity contribution in [1.29, 1.82) is 0 Å². The lowest BCUT2D eigenvalue weighted by Crippen LogP contribution is -2.39. The van der Waals surface area contributed by atoms with Crippen LogP contribution in [0.3, 0.4) is 0 Å². The molecule has 1 aliphatic heterocycles. The van der Waals surface area contributed by atoms with Crippen molar-refractivity contribution in [3.63, 3.8) is 0 Å². The summed E-state index contributed by atoms with van der Waals surface area (Å²) in [4.78, 5) is 17.2. The Morgan fingerprint density at radius 1 is 1.11 bits per heavy atom. The highest BCUT2D eigenvalue weighted by molar-refractivity contribution is 6.33. The van der Waals surface area contributed by atoms with Crippen LogP contribution in [0, 0.1) is 0 Å². The van der Waals surface area contributed by atoms with Crippen molar-refractivity contribution in [3.05, 3.63) is 59.1 Å². The van der Waals surface area contributed by atoms with Crippen molar-refractivity contribution in [3.8, 4) is 0 Å². The lowest BCUT2D eigenvalue weighted by Gasteiger charge is -2.32. The quantitative estimate of drug-likeness (QED) is 0.776. The van der Waals surface area contributed by atoms with Crippen LogP contribution in [-0.2, 0) is 11.3 Å². The van der Waals surface area contributed by atoms with Crippen LogP contribution in [0.4, 0.5) is 11.4 Å². The van der Waals surface area contributed by atoms with E-state index in [0.717, 1.165) is 19.6 Å². The molecule has 27 heavy (non-hydrogen) atoms. The van der Waals surface area contributed by atoms with Gasteiger partial charge < -0.3 is 10.2 Å². The maximum absolute atomic E-state index is 12.7. The Morgan fingerprint density at radius 2 is 1.78 bits per heavy atom. The number of para-hydroxylation sites is 2. The first-order valence-corrected chi connectivity index (χ1v) is 10.0. The standard InChI is InChI=1S/C22H28ClN3O/c1-17(22(27)24-20-12-6-5-11-19(20)23)25(2)16-18-10-4-7-13-21(18)26-14-8-3-9-15-26/h4-7,10-13,17H,3,8-9,14-16H2,1-2H3,(H,24,27). The molecule has 1 saturated heterocycles. The molecular weight excluding hydrogens is 358 g/mol. The zero-order valence-electron chi connectivity index (χ0n) is 16.1. The Morgan fingerprint density at radius 3 is 2.52 bits per heavy atom. The molecule has 0 saturated carbocycles. The van der Waals surface area contributed by atoms with Crippen LogP contribution in [0.2, 0.25) is 5.02 Å². The van der Waals surface area contributed by atoms with Gasteiger partial charge in [-0.15, -0.1) is 0 Å². The number of nitrogens with zero attached hydrogens (tertiary/aromatic N) is 2. The molecule has 0 radical (unpaired) electrons. The molecule has 3 rings (SSSR count). The predicted octanol–water partition coefficient (Wildman–Crippen LogP) is 4.79. The molecule has 1 unspecified atom stereocenters. The van der Waals surface area contributed by atoms with Gasteiger partial charge in [0.1, 0.15) is 0 Å². The first kappa shape index (κ1) is 19.7. The summed E-state index contributed by atoms with van der Waals surface area (Å²) < 4.78 is 0. The SMILES string of the molecule is CC(C(=O)Nc1ccccc1Cl)N(C)Cc1ccccc1N1CCCCC1. The van der Waals surface area contributed by atoms with Crippen LogP contribution in [0.15, 0.2) is 48.5 Å². The van der Waals surface area contributed by atoms with Crippen LogP contribution in [0.25, 0.3) is 0 Å². The summed E-state index contributed by atoms with van der Waals surface area (Å²) >= 11 is 6.16. The van der Waals surface area contributed by atoms with Gasteiger partial charge in [0.2, 0.25) is 5.91 Å². The number of anilines is 2. The molecule has 1 heterocycles. The summed E-state index contributed by atoms with van der Waals surface area (Å²) in [5, 5.41) is 3.48. The minimum atomic E-state index is -0.268. The number of carbonyl (C=O) groups excluding carboxylic acids is 1. The summed E-state index contributed by atoms with van der Waals surface area (Å²) in [5.41, 5.74) is 3.21. The highest BCUT2D eigenvalue weighted by Gasteiger charge is 2.21. The molecule has 0 aliphatic carbocycles. The molecule has 4 nitrogen and oxygen atoms in total. The number of nitrogens with one attached hydrogen (secondary N) is 1. The van der Waals surface area contributed by atoms with E-state index in [0.29, 0.717) is 10.7 Å². The third kappa shape index (κ3) is 5.02. The Bertz CT molecular complexity index is 774. The van der Waals surface area contributed by atoms with E-state index < -0.39 is 0 Å². The molecule has 1 atom stereocenters. The van der Waals surface area contributed by atoms with Gasteiger partial charge in [-0.05, 0) is 57.0 Å². The van der Waals surface area contributed by atoms with Gasteiger partial charge in [0, 0.05) is 25.3 Å². The average molecular weight is 386 g/mol. The van der Waals surface area contributed by atoms with Crippen molar-refractivity contribution < 1.29 is 4.79 Å². The smallest absolute Gasteiger partial charge is 0.241 e. The van der Waals surface area contributed by atoms with Gasteiger partial charge in [-0.1, -0.05) is 41.9 Å². The third-order valence-electron chi connectivity index (χ3n) is 5.28. The van der Waals surface area contributed by atoms with E-state index in [1.165, 1.54) is 30.5 Å². The van der Waals surface area contributed by atoms with E-state index in [9.17, 15) is 4.79 Å². The molecule has 0 spiro atoms. The molecule has 1 aliphatic rings. The number of hydrogen-bond donors (Lipinski definition) is 1. The zero-order chi connectivity index (χ0) is 19.2. The van der Waals surface area contributed by atoms with Crippen molar-refractivity contribution in [1.82, 2.24) is 4.90 Å². The third-order valence-corrected chi connectivity index (χ3v) is 5.61. The minimum absolute atomic E-state index is 0.0546. The molecule has 0 bridgehead atoms. The number of piperidine rings is 1. The molecule has 1 N–H and O–H groups in total. The lowest BCUT2D eigenvalue weighted by molar-refractivity contribution is -0.120. The first-order valence-electron chi connectivity index (χ1n) is 9.65. The van der Waals surface area contributed by atoms with Crippen LogP contribution in [0.1, 0.15) is 31.7 Å². The second-order valence-corrected chi connectivity index (χ2v) is 7.64. The molecule has 1 fully saturated rings. The van der Waals surface area contributed by atoms with Gasteiger partial charge in [-0.2, -0.15) is 0 Å². The molecule has 144 valence electrons. The van der Waals surface area contributed by atoms with Gasteiger partial charge in [0.25, 0.3) is 0 Å². The van der Waals surface area contributed by atoms with Crippen LogP contribution in [-0.4, -0.2) is 37.0 Å². The van der Waals surface area contributed by atoms with Gasteiger partial charge in [-0.3, -0.25) is 9.69 Å². The summed E-state index contributed by atoms with van der Waals surface area (Å²) in [5.74, 6) is -0.0546. The monoisotopic (exact) mass is 385 g/mol. The van der Waals surface area contributed by atoms with Gasteiger partial charge >= 0.3 is 0 Å². The maximum Gasteiger partial charge on any atom is 0.241 e. The fourth-order valence-corrected chi connectivity index (χ4v) is 3.68. The summed E-state index contributed by atoms with van der Waals surface area (Å²) in [7, 11) is 1.99. The highest BCUT2D eigenvalue weighted by Crippen LogP contribution is 2.26. The van der Waals surface area contributed by atoms with Gasteiger partial charge in [-0.25, -0.2) is 0 Å². The van der Waals surface area contributed by atoms with Crippen molar-refractivity contribution in [2.45, 2.75) is 38.8 Å².